The van der Waals surface area contributed by atoms with Crippen molar-refractivity contribution in [3.63, 3.8) is 0 Å². The molecule has 0 aliphatic carbocycles. The number of carbonyl (C=O) groups is 1. The monoisotopic (exact) mass is 363 g/mol. The summed E-state index contributed by atoms with van der Waals surface area (Å²) in [6.45, 7) is 1.80. The zero-order valence-corrected chi connectivity index (χ0v) is 14.9. The highest BCUT2D eigenvalue weighted by molar-refractivity contribution is 6.34. The number of hydrogen-bond donors (Lipinski definition) is 1. The number of hydrogen-bond acceptors (Lipinski definition) is 3. The lowest BCUT2D eigenvalue weighted by atomic mass is 10.00. The molecule has 5 heteroatoms. The first-order valence-corrected chi connectivity index (χ1v) is 8.92. The topological polar surface area (TPSA) is 45.2 Å². The van der Waals surface area contributed by atoms with Crippen LogP contribution in [0.5, 0.6) is 0 Å². The third-order valence-corrected chi connectivity index (χ3v) is 4.91. The lowest BCUT2D eigenvalue weighted by Crippen LogP contribution is -2.30. The van der Waals surface area contributed by atoms with Crippen LogP contribution in [0.25, 0.3) is 0 Å². The molecule has 1 aliphatic rings. The van der Waals surface area contributed by atoms with Gasteiger partial charge in [-0.25, -0.2) is 4.98 Å². The van der Waals surface area contributed by atoms with E-state index in [2.05, 4.69) is 39.5 Å². The van der Waals surface area contributed by atoms with Crippen LogP contribution in [0.15, 0.2) is 66.9 Å². The SMILES string of the molecule is O=C(Nc1ccc(N2CCc3ccccc3C2)nc1)c1ccccc1Cl. The third-order valence-electron chi connectivity index (χ3n) is 4.58. The molecule has 2 aromatic carbocycles. The summed E-state index contributed by atoms with van der Waals surface area (Å²) < 4.78 is 0. The molecule has 0 saturated heterocycles. The van der Waals surface area contributed by atoms with Crippen LogP contribution >= 0.6 is 11.6 Å². The summed E-state index contributed by atoms with van der Waals surface area (Å²) in [6, 6.07) is 19.3. The molecule has 0 unspecified atom stereocenters. The first kappa shape index (κ1) is 16.6. The van der Waals surface area contributed by atoms with Gasteiger partial charge in [-0.1, -0.05) is 48.0 Å². The number of anilines is 2. The van der Waals surface area contributed by atoms with E-state index in [0.717, 1.165) is 25.3 Å². The molecule has 1 N–H and O–H groups in total. The molecule has 130 valence electrons. The van der Waals surface area contributed by atoms with Gasteiger partial charge in [-0.2, -0.15) is 0 Å². The first-order chi connectivity index (χ1) is 12.7. The average molecular weight is 364 g/mol. The summed E-state index contributed by atoms with van der Waals surface area (Å²) in [5.41, 5.74) is 3.85. The molecule has 1 aliphatic heterocycles. The van der Waals surface area contributed by atoms with E-state index in [1.165, 1.54) is 11.1 Å². The van der Waals surface area contributed by atoms with E-state index >= 15 is 0 Å². The summed E-state index contributed by atoms with van der Waals surface area (Å²) in [5.74, 6) is 0.673. The number of carbonyl (C=O) groups excluding carboxylic acids is 1. The second-order valence-corrected chi connectivity index (χ2v) is 6.69. The van der Waals surface area contributed by atoms with Gasteiger partial charge in [0.15, 0.2) is 0 Å². The zero-order valence-electron chi connectivity index (χ0n) is 14.2. The molecular weight excluding hydrogens is 346 g/mol. The number of pyridine rings is 1. The van der Waals surface area contributed by atoms with Gasteiger partial charge < -0.3 is 10.2 Å². The minimum Gasteiger partial charge on any atom is -0.352 e. The first-order valence-electron chi connectivity index (χ1n) is 8.54. The van der Waals surface area contributed by atoms with Crippen molar-refractivity contribution in [1.29, 1.82) is 0 Å². The molecule has 4 rings (SSSR count). The number of fused-ring (bicyclic) bond motifs is 1. The van der Waals surface area contributed by atoms with Crippen molar-refractivity contribution in [2.75, 3.05) is 16.8 Å². The molecule has 0 bridgehead atoms. The van der Waals surface area contributed by atoms with Crippen LogP contribution in [0.1, 0.15) is 21.5 Å². The van der Waals surface area contributed by atoms with Crippen LogP contribution in [0.3, 0.4) is 0 Å². The number of benzene rings is 2. The summed E-state index contributed by atoms with van der Waals surface area (Å²) in [4.78, 5) is 19.1. The Labute approximate surface area is 157 Å². The second-order valence-electron chi connectivity index (χ2n) is 6.28. The van der Waals surface area contributed by atoms with Gasteiger partial charge in [-0.3, -0.25) is 4.79 Å². The Balaban J connectivity index is 1.46. The molecule has 0 fully saturated rings. The second kappa shape index (κ2) is 7.18. The summed E-state index contributed by atoms with van der Waals surface area (Å²) in [7, 11) is 0. The van der Waals surface area contributed by atoms with Gasteiger partial charge in [-0.15, -0.1) is 0 Å². The van der Waals surface area contributed by atoms with Crippen molar-refractivity contribution in [3.05, 3.63) is 88.6 Å². The van der Waals surface area contributed by atoms with E-state index < -0.39 is 0 Å². The fourth-order valence-electron chi connectivity index (χ4n) is 3.18. The van der Waals surface area contributed by atoms with E-state index in [-0.39, 0.29) is 5.91 Å². The van der Waals surface area contributed by atoms with E-state index in [9.17, 15) is 4.79 Å². The molecule has 26 heavy (non-hydrogen) atoms. The smallest absolute Gasteiger partial charge is 0.257 e. The summed E-state index contributed by atoms with van der Waals surface area (Å²) in [6.07, 6.45) is 2.70. The van der Waals surface area contributed by atoms with E-state index in [1.807, 2.05) is 12.1 Å². The summed E-state index contributed by atoms with van der Waals surface area (Å²) in [5, 5.41) is 3.27. The standard InChI is InChI=1S/C21H18ClN3O/c22-19-8-4-3-7-18(19)21(26)24-17-9-10-20(23-13-17)25-12-11-15-5-1-2-6-16(15)14-25/h1-10,13H,11-12,14H2,(H,24,26). The highest BCUT2D eigenvalue weighted by Gasteiger charge is 2.17. The Hall–Kier alpha value is -2.85. The Morgan fingerprint density at radius 2 is 1.77 bits per heavy atom. The minimum atomic E-state index is -0.239. The number of rotatable bonds is 3. The molecule has 0 saturated carbocycles. The third kappa shape index (κ3) is 3.41. The van der Waals surface area contributed by atoms with Crippen LogP contribution in [0, 0.1) is 0 Å². The number of halogens is 1. The molecule has 0 atom stereocenters. The highest BCUT2D eigenvalue weighted by atomic mass is 35.5. The molecule has 4 nitrogen and oxygen atoms in total. The van der Waals surface area contributed by atoms with Crippen LogP contribution in [-0.4, -0.2) is 17.4 Å². The van der Waals surface area contributed by atoms with Crippen LogP contribution in [-0.2, 0) is 13.0 Å². The van der Waals surface area contributed by atoms with E-state index in [4.69, 9.17) is 11.6 Å². The maximum atomic E-state index is 12.3. The quantitative estimate of drug-likeness (QED) is 0.742. The van der Waals surface area contributed by atoms with Gasteiger partial charge in [0.25, 0.3) is 5.91 Å². The lowest BCUT2D eigenvalue weighted by molar-refractivity contribution is 0.102. The lowest BCUT2D eigenvalue weighted by Gasteiger charge is -2.29. The van der Waals surface area contributed by atoms with E-state index in [1.54, 1.807) is 30.5 Å². The van der Waals surface area contributed by atoms with Gasteiger partial charge >= 0.3 is 0 Å². The van der Waals surface area contributed by atoms with Crippen molar-refractivity contribution in [2.45, 2.75) is 13.0 Å². The maximum absolute atomic E-state index is 12.3. The minimum absolute atomic E-state index is 0.239. The molecule has 3 aromatic rings. The Kier molecular flexibility index (Phi) is 4.59. The average Bonchev–Trinajstić information content (AvgIpc) is 2.68. The number of amides is 1. The molecule has 0 spiro atoms. The molecule has 1 aromatic heterocycles. The Bertz CT molecular complexity index is 940. The van der Waals surface area contributed by atoms with Gasteiger partial charge in [0.2, 0.25) is 0 Å². The van der Waals surface area contributed by atoms with Crippen LogP contribution in [0.2, 0.25) is 5.02 Å². The Morgan fingerprint density at radius 1 is 1.00 bits per heavy atom. The fraction of sp³-hybridized carbons (Fsp3) is 0.143. The van der Waals surface area contributed by atoms with Crippen molar-refractivity contribution in [1.82, 2.24) is 4.98 Å². The van der Waals surface area contributed by atoms with Crippen molar-refractivity contribution in [2.24, 2.45) is 0 Å². The predicted octanol–water partition coefficient (Wildman–Crippen LogP) is 4.55. The fourth-order valence-corrected chi connectivity index (χ4v) is 3.40. The van der Waals surface area contributed by atoms with E-state index in [0.29, 0.717) is 16.3 Å². The highest BCUT2D eigenvalue weighted by Crippen LogP contribution is 2.24. The van der Waals surface area contributed by atoms with Gasteiger partial charge in [-0.05, 0) is 41.8 Å². The number of aromatic nitrogens is 1. The van der Waals surface area contributed by atoms with Crippen molar-refractivity contribution < 1.29 is 4.79 Å². The zero-order chi connectivity index (χ0) is 17.9. The molecule has 2 heterocycles. The van der Waals surface area contributed by atoms with Crippen molar-refractivity contribution >= 4 is 29.0 Å². The molecule has 1 amide bonds. The maximum Gasteiger partial charge on any atom is 0.257 e. The largest absolute Gasteiger partial charge is 0.352 e. The summed E-state index contributed by atoms with van der Waals surface area (Å²) >= 11 is 6.07. The van der Waals surface area contributed by atoms with Crippen LogP contribution < -0.4 is 10.2 Å². The number of nitrogens with zero attached hydrogens (tertiary/aromatic N) is 2. The molecule has 0 radical (unpaired) electrons. The number of nitrogens with one attached hydrogen (secondary N) is 1. The normalized spacial score (nSPS) is 13.2. The van der Waals surface area contributed by atoms with Gasteiger partial charge in [0, 0.05) is 13.1 Å². The van der Waals surface area contributed by atoms with Crippen molar-refractivity contribution in [3.8, 4) is 0 Å². The molecular formula is C21H18ClN3O. The van der Waals surface area contributed by atoms with Crippen LogP contribution in [0.4, 0.5) is 11.5 Å². The Morgan fingerprint density at radius 3 is 2.54 bits per heavy atom. The predicted molar refractivity (Wildman–Crippen MR) is 105 cm³/mol. The van der Waals surface area contributed by atoms with Gasteiger partial charge in [0.05, 0.1) is 22.5 Å². The van der Waals surface area contributed by atoms with Gasteiger partial charge in [0.1, 0.15) is 5.82 Å².